The van der Waals surface area contributed by atoms with Crippen LogP contribution in [0, 0.1) is 0 Å². The number of esters is 1. The van der Waals surface area contributed by atoms with Gasteiger partial charge in [0.15, 0.2) is 0 Å². The molecule has 1 amide bonds. The van der Waals surface area contributed by atoms with Gasteiger partial charge in [0.25, 0.3) is 0 Å². The number of rotatable bonds is 74. The van der Waals surface area contributed by atoms with Crippen molar-refractivity contribution in [3.8, 4) is 0 Å². The number of amides is 1. The summed E-state index contributed by atoms with van der Waals surface area (Å²) in [5.41, 5.74) is 0. The van der Waals surface area contributed by atoms with Crippen molar-refractivity contribution in [3.63, 3.8) is 0 Å². The summed E-state index contributed by atoms with van der Waals surface area (Å²) < 4.78 is 5.50. The van der Waals surface area contributed by atoms with Crippen molar-refractivity contribution < 1.29 is 24.5 Å². The second-order valence-corrected chi connectivity index (χ2v) is 27.0. The maximum Gasteiger partial charge on any atom is 0.305 e. The molecule has 504 valence electrons. The summed E-state index contributed by atoms with van der Waals surface area (Å²) in [5, 5.41) is 23.5. The summed E-state index contributed by atoms with van der Waals surface area (Å²) in [5.74, 6) is -0.0152. The number of unbranched alkanes of at least 4 members (excludes halogenated alkanes) is 59. The highest BCUT2D eigenvalue weighted by Crippen LogP contribution is 2.20. The Morgan fingerprint density at radius 3 is 0.918 bits per heavy atom. The fourth-order valence-electron chi connectivity index (χ4n) is 12.6. The SMILES string of the molecule is CCCCC/C=C\C/C=C\CCCCCCCCCC(=O)OCCCCCCCCCCCCCCCCCCCCCCCCCCCCCC(=O)NC(CO)C(O)CCCCCCCCCCCCCCCCCCCCCCCCCC. The molecule has 0 aliphatic rings. The van der Waals surface area contributed by atoms with Gasteiger partial charge < -0.3 is 20.3 Å². The summed E-state index contributed by atoms with van der Waals surface area (Å²) in [4.78, 5) is 24.7. The molecule has 0 saturated carbocycles. The molecule has 0 aromatic carbocycles. The van der Waals surface area contributed by atoms with Gasteiger partial charge in [-0.15, -0.1) is 0 Å². The number of carbonyl (C=O) groups excluding carboxylic acids is 2. The van der Waals surface area contributed by atoms with Crippen molar-refractivity contribution in [2.75, 3.05) is 13.2 Å². The van der Waals surface area contributed by atoms with E-state index in [0.717, 1.165) is 51.4 Å². The minimum Gasteiger partial charge on any atom is -0.466 e. The standard InChI is InChI=1S/C79H153NO5/c1-3-5-7-9-11-13-15-17-19-21-22-23-24-30-33-36-40-43-47-51-55-59-63-67-71-77(82)76(75-81)80-78(83)72-68-64-60-56-52-48-44-41-37-34-31-28-26-25-27-29-32-35-38-42-46-50-54-58-62-66-70-74-85-79(84)73-69-65-61-57-53-49-45-39-20-18-16-14-12-10-8-6-4-2/h12,14,18,20,76-77,81-82H,3-11,13,15-17,19,21-75H2,1-2H3,(H,80,83)/b14-12-,20-18-. The first-order valence-electron chi connectivity index (χ1n) is 39.1. The van der Waals surface area contributed by atoms with Crippen LogP contribution in [-0.4, -0.2) is 47.4 Å². The summed E-state index contributed by atoms with van der Waals surface area (Å²) >= 11 is 0. The molecule has 2 unspecified atom stereocenters. The Morgan fingerprint density at radius 2 is 0.588 bits per heavy atom. The van der Waals surface area contributed by atoms with Gasteiger partial charge >= 0.3 is 5.97 Å². The highest BCUT2D eigenvalue weighted by Gasteiger charge is 2.20. The monoisotopic (exact) mass is 1200 g/mol. The molecule has 0 saturated heterocycles. The van der Waals surface area contributed by atoms with Crippen LogP contribution >= 0.6 is 0 Å². The number of aliphatic hydroxyl groups is 2. The predicted molar refractivity (Wildman–Crippen MR) is 375 cm³/mol. The van der Waals surface area contributed by atoms with Crippen molar-refractivity contribution in [2.24, 2.45) is 0 Å². The molecule has 6 nitrogen and oxygen atoms in total. The van der Waals surface area contributed by atoms with Gasteiger partial charge in [-0.05, 0) is 57.8 Å². The number of hydrogen-bond donors (Lipinski definition) is 3. The molecule has 0 radical (unpaired) electrons. The van der Waals surface area contributed by atoms with E-state index in [9.17, 15) is 19.8 Å². The summed E-state index contributed by atoms with van der Waals surface area (Å²) in [7, 11) is 0. The number of hydrogen-bond acceptors (Lipinski definition) is 5. The molecule has 6 heteroatoms. The molecule has 0 spiro atoms. The Labute approximate surface area is 532 Å². The van der Waals surface area contributed by atoms with Crippen LogP contribution in [0.3, 0.4) is 0 Å². The Bertz CT molecular complexity index is 1330. The molecule has 0 aliphatic carbocycles. The van der Waals surface area contributed by atoms with Crippen molar-refractivity contribution in [2.45, 2.75) is 456 Å². The fraction of sp³-hybridized carbons (Fsp3) is 0.924. The topological polar surface area (TPSA) is 95.9 Å². The molecule has 0 bridgehead atoms. The van der Waals surface area contributed by atoms with Gasteiger partial charge in [-0.2, -0.15) is 0 Å². The van der Waals surface area contributed by atoms with Crippen LogP contribution in [0.4, 0.5) is 0 Å². The number of ether oxygens (including phenoxy) is 1. The number of allylic oxidation sites excluding steroid dienone is 4. The highest BCUT2D eigenvalue weighted by molar-refractivity contribution is 5.76. The fourth-order valence-corrected chi connectivity index (χ4v) is 12.6. The predicted octanol–water partition coefficient (Wildman–Crippen LogP) is 25.7. The highest BCUT2D eigenvalue weighted by atomic mass is 16.5. The molecule has 0 heterocycles. The smallest absolute Gasteiger partial charge is 0.305 e. The largest absolute Gasteiger partial charge is 0.466 e. The third-order valence-corrected chi connectivity index (χ3v) is 18.5. The van der Waals surface area contributed by atoms with Crippen LogP contribution in [0.25, 0.3) is 0 Å². The van der Waals surface area contributed by atoms with Crippen molar-refractivity contribution in [1.82, 2.24) is 5.32 Å². The van der Waals surface area contributed by atoms with E-state index in [2.05, 4.69) is 43.5 Å². The molecule has 0 aliphatic heterocycles. The first-order valence-corrected chi connectivity index (χ1v) is 39.1. The van der Waals surface area contributed by atoms with Crippen LogP contribution < -0.4 is 5.32 Å². The Hall–Kier alpha value is -1.66. The Balaban J connectivity index is 3.35. The number of nitrogens with one attached hydrogen (secondary N) is 1. The van der Waals surface area contributed by atoms with Crippen LogP contribution in [0.15, 0.2) is 24.3 Å². The Kier molecular flexibility index (Phi) is 73.3. The molecule has 0 aromatic heterocycles. The van der Waals surface area contributed by atoms with E-state index in [-0.39, 0.29) is 18.5 Å². The van der Waals surface area contributed by atoms with Crippen LogP contribution in [0.1, 0.15) is 444 Å². The minimum atomic E-state index is -0.664. The number of aliphatic hydroxyl groups excluding tert-OH is 2. The van der Waals surface area contributed by atoms with E-state index in [0.29, 0.717) is 25.9 Å². The lowest BCUT2D eigenvalue weighted by Gasteiger charge is -2.22. The lowest BCUT2D eigenvalue weighted by atomic mass is 10.0. The van der Waals surface area contributed by atoms with E-state index in [1.165, 1.54) is 360 Å². The van der Waals surface area contributed by atoms with Crippen LogP contribution in [0.5, 0.6) is 0 Å². The van der Waals surface area contributed by atoms with Crippen molar-refractivity contribution in [3.05, 3.63) is 24.3 Å². The van der Waals surface area contributed by atoms with Gasteiger partial charge in [0.05, 0.1) is 25.4 Å². The molecule has 0 rings (SSSR count). The van der Waals surface area contributed by atoms with Crippen molar-refractivity contribution >= 4 is 11.9 Å². The maximum atomic E-state index is 12.6. The van der Waals surface area contributed by atoms with E-state index < -0.39 is 12.1 Å². The molecule has 0 fully saturated rings. The van der Waals surface area contributed by atoms with Gasteiger partial charge in [0, 0.05) is 12.8 Å². The quantitative estimate of drug-likeness (QED) is 0.0320. The van der Waals surface area contributed by atoms with Gasteiger partial charge in [0.2, 0.25) is 5.91 Å². The Morgan fingerprint density at radius 1 is 0.329 bits per heavy atom. The maximum absolute atomic E-state index is 12.6. The molecular formula is C79H153NO5. The van der Waals surface area contributed by atoms with Gasteiger partial charge in [-0.3, -0.25) is 9.59 Å². The molecule has 3 N–H and O–H groups in total. The third-order valence-electron chi connectivity index (χ3n) is 18.5. The zero-order valence-corrected chi connectivity index (χ0v) is 57.9. The lowest BCUT2D eigenvalue weighted by molar-refractivity contribution is -0.143. The average molecular weight is 1200 g/mol. The second kappa shape index (κ2) is 74.8. The van der Waals surface area contributed by atoms with E-state index in [1.807, 2.05) is 0 Å². The molecule has 2 atom stereocenters. The van der Waals surface area contributed by atoms with Gasteiger partial charge in [0.1, 0.15) is 0 Å². The number of carbonyl (C=O) groups is 2. The van der Waals surface area contributed by atoms with Gasteiger partial charge in [-0.1, -0.05) is 398 Å². The average Bonchev–Trinajstić information content (AvgIpc) is 3.51. The normalized spacial score (nSPS) is 12.6. The summed E-state index contributed by atoms with van der Waals surface area (Å²) in [6.45, 7) is 4.98. The molecule has 0 aromatic rings. The van der Waals surface area contributed by atoms with Gasteiger partial charge in [-0.25, -0.2) is 0 Å². The molecular weight excluding hydrogens is 1040 g/mol. The first kappa shape index (κ1) is 83.3. The lowest BCUT2D eigenvalue weighted by Crippen LogP contribution is -2.45. The molecule has 85 heavy (non-hydrogen) atoms. The van der Waals surface area contributed by atoms with E-state index >= 15 is 0 Å². The third kappa shape index (κ3) is 71.3. The van der Waals surface area contributed by atoms with Crippen molar-refractivity contribution in [1.29, 1.82) is 0 Å². The minimum absolute atomic E-state index is 0.0115. The summed E-state index contributed by atoms with van der Waals surface area (Å²) in [6.07, 6.45) is 95.4. The van der Waals surface area contributed by atoms with E-state index in [1.54, 1.807) is 0 Å². The zero-order valence-electron chi connectivity index (χ0n) is 57.9. The first-order chi connectivity index (χ1) is 42.0. The van der Waals surface area contributed by atoms with E-state index in [4.69, 9.17) is 4.74 Å². The summed E-state index contributed by atoms with van der Waals surface area (Å²) in [6, 6.07) is -0.541. The van der Waals surface area contributed by atoms with Crippen LogP contribution in [0.2, 0.25) is 0 Å². The second-order valence-electron chi connectivity index (χ2n) is 27.0. The zero-order chi connectivity index (χ0) is 61.3. The van der Waals surface area contributed by atoms with Crippen LogP contribution in [-0.2, 0) is 14.3 Å².